The summed E-state index contributed by atoms with van der Waals surface area (Å²) >= 11 is 11.8. The molecule has 0 aromatic heterocycles. The number of halogens is 3. The third-order valence-corrected chi connectivity index (χ3v) is 4.22. The van der Waals surface area contributed by atoms with Gasteiger partial charge in [-0.1, -0.05) is 40.9 Å². The molecule has 1 heterocycles. The van der Waals surface area contributed by atoms with Gasteiger partial charge in [-0.15, -0.1) is 0 Å². The number of hydrogen-bond donors (Lipinski definition) is 1. The van der Waals surface area contributed by atoms with E-state index in [2.05, 4.69) is 5.32 Å². The maximum absolute atomic E-state index is 13.8. The summed E-state index contributed by atoms with van der Waals surface area (Å²) in [6, 6.07) is 7.70. The third-order valence-electron chi connectivity index (χ3n) is 3.60. The van der Waals surface area contributed by atoms with Crippen molar-refractivity contribution in [3.8, 4) is 0 Å². The number of anilines is 1. The third kappa shape index (κ3) is 2.78. The lowest BCUT2D eigenvalue weighted by Gasteiger charge is -2.23. The predicted molar refractivity (Wildman–Crippen MR) is 86.4 cm³/mol. The molecule has 1 N–H and O–H groups in total. The number of benzene rings is 2. The van der Waals surface area contributed by atoms with Gasteiger partial charge < -0.3 is 0 Å². The van der Waals surface area contributed by atoms with E-state index in [9.17, 15) is 14.0 Å². The Morgan fingerprint density at radius 2 is 1.74 bits per heavy atom. The van der Waals surface area contributed by atoms with Gasteiger partial charge in [-0.05, 0) is 31.2 Å². The fourth-order valence-electron chi connectivity index (χ4n) is 2.47. The lowest BCUT2D eigenvalue weighted by atomic mass is 10.0. The highest BCUT2D eigenvalue weighted by Crippen LogP contribution is 2.36. The summed E-state index contributed by atoms with van der Waals surface area (Å²) in [6.07, 6.45) is 0. The van der Waals surface area contributed by atoms with Crippen LogP contribution in [0.3, 0.4) is 0 Å². The van der Waals surface area contributed by atoms with E-state index in [1.54, 1.807) is 12.1 Å². The number of hydrogen-bond acceptors (Lipinski definition) is 2. The number of nitrogens with zero attached hydrogens (tertiary/aromatic N) is 1. The van der Waals surface area contributed by atoms with E-state index in [1.807, 2.05) is 19.1 Å². The monoisotopic (exact) mass is 352 g/mol. The molecule has 1 saturated heterocycles. The number of nitrogens with one attached hydrogen (secondary N) is 1. The minimum atomic E-state index is -1.05. The number of amides is 3. The van der Waals surface area contributed by atoms with Gasteiger partial charge in [0.25, 0.3) is 5.91 Å². The summed E-state index contributed by atoms with van der Waals surface area (Å²) in [6.45, 7) is 1.90. The maximum atomic E-state index is 13.8. The van der Waals surface area contributed by atoms with Crippen LogP contribution in [0.5, 0.6) is 0 Å². The second-order valence-electron chi connectivity index (χ2n) is 5.19. The minimum Gasteiger partial charge on any atom is -0.277 e. The van der Waals surface area contributed by atoms with Crippen LogP contribution >= 0.6 is 23.2 Å². The summed E-state index contributed by atoms with van der Waals surface area (Å²) in [4.78, 5) is 25.6. The van der Waals surface area contributed by atoms with E-state index in [0.717, 1.165) is 11.6 Å². The fourth-order valence-corrected chi connectivity index (χ4v) is 2.95. The highest BCUT2D eigenvalue weighted by molar-refractivity contribution is 6.35. The van der Waals surface area contributed by atoms with Crippen molar-refractivity contribution >= 4 is 40.8 Å². The molecule has 1 atom stereocenters. The molecule has 23 heavy (non-hydrogen) atoms. The molecule has 1 unspecified atom stereocenters. The van der Waals surface area contributed by atoms with Crippen molar-refractivity contribution in [2.75, 3.05) is 4.90 Å². The van der Waals surface area contributed by atoms with Crippen LogP contribution in [0.15, 0.2) is 36.4 Å². The van der Waals surface area contributed by atoms with E-state index in [0.29, 0.717) is 5.69 Å². The van der Waals surface area contributed by atoms with Gasteiger partial charge in [0.1, 0.15) is 11.9 Å². The maximum Gasteiger partial charge on any atom is 0.329 e. The average molecular weight is 353 g/mol. The summed E-state index contributed by atoms with van der Waals surface area (Å²) in [5.74, 6) is -1.28. The SMILES string of the molecule is Cc1ccc(N2C(=O)NC(=O)C2c2cc(F)c(Cl)cc2Cl)cc1. The molecular weight excluding hydrogens is 342 g/mol. The Hall–Kier alpha value is -2.11. The predicted octanol–water partition coefficient (Wildman–Crippen LogP) is 4.24. The molecule has 0 aliphatic carbocycles. The molecule has 2 aromatic carbocycles. The van der Waals surface area contributed by atoms with Gasteiger partial charge in [-0.25, -0.2) is 9.18 Å². The second-order valence-corrected chi connectivity index (χ2v) is 6.00. The van der Waals surface area contributed by atoms with Crippen LogP contribution < -0.4 is 10.2 Å². The van der Waals surface area contributed by atoms with Gasteiger partial charge in [0.2, 0.25) is 0 Å². The lowest BCUT2D eigenvalue weighted by Crippen LogP contribution is -2.29. The van der Waals surface area contributed by atoms with Crippen LogP contribution in [0.25, 0.3) is 0 Å². The van der Waals surface area contributed by atoms with Gasteiger partial charge in [0.15, 0.2) is 0 Å². The summed E-state index contributed by atoms with van der Waals surface area (Å²) < 4.78 is 13.8. The largest absolute Gasteiger partial charge is 0.329 e. The topological polar surface area (TPSA) is 49.4 Å². The number of aryl methyl sites for hydroxylation is 1. The number of rotatable bonds is 2. The zero-order valence-electron chi connectivity index (χ0n) is 11.9. The number of carbonyl (C=O) groups excluding carboxylic acids is 2. The van der Waals surface area contributed by atoms with Gasteiger partial charge >= 0.3 is 6.03 Å². The highest BCUT2D eigenvalue weighted by Gasteiger charge is 2.41. The first kappa shape index (κ1) is 15.8. The second kappa shape index (κ2) is 5.83. The van der Waals surface area contributed by atoms with E-state index >= 15 is 0 Å². The molecule has 0 radical (unpaired) electrons. The molecule has 1 fully saturated rings. The molecule has 4 nitrogen and oxygen atoms in total. The van der Waals surface area contributed by atoms with Crippen LogP contribution in [-0.2, 0) is 4.79 Å². The molecule has 0 bridgehead atoms. The molecule has 0 saturated carbocycles. The van der Waals surface area contributed by atoms with Crippen LogP contribution in [-0.4, -0.2) is 11.9 Å². The van der Waals surface area contributed by atoms with E-state index in [4.69, 9.17) is 23.2 Å². The van der Waals surface area contributed by atoms with Crippen LogP contribution in [0.1, 0.15) is 17.2 Å². The van der Waals surface area contributed by atoms with Crippen LogP contribution in [0, 0.1) is 12.7 Å². The zero-order chi connectivity index (χ0) is 16.7. The summed E-state index contributed by atoms with van der Waals surface area (Å²) in [5.41, 5.74) is 1.69. The molecule has 1 aliphatic rings. The molecular formula is C16H11Cl2FN2O2. The van der Waals surface area contributed by atoms with Crippen LogP contribution in [0.2, 0.25) is 10.0 Å². The summed E-state index contributed by atoms with van der Waals surface area (Å²) in [5, 5.41) is 2.19. The highest BCUT2D eigenvalue weighted by atomic mass is 35.5. The van der Waals surface area contributed by atoms with Crippen molar-refractivity contribution in [1.82, 2.24) is 5.32 Å². The quantitative estimate of drug-likeness (QED) is 0.649. The molecule has 1 aliphatic heterocycles. The lowest BCUT2D eigenvalue weighted by molar-refractivity contribution is -0.119. The first-order valence-electron chi connectivity index (χ1n) is 6.73. The number of urea groups is 1. The van der Waals surface area contributed by atoms with Crippen molar-refractivity contribution in [1.29, 1.82) is 0 Å². The molecule has 7 heteroatoms. The molecule has 3 amide bonds. The van der Waals surface area contributed by atoms with Crippen molar-refractivity contribution < 1.29 is 14.0 Å². The zero-order valence-corrected chi connectivity index (χ0v) is 13.5. The molecule has 2 aromatic rings. The number of imide groups is 1. The van der Waals surface area contributed by atoms with Gasteiger partial charge in [-0.2, -0.15) is 0 Å². The Kier molecular flexibility index (Phi) is 4.00. The molecule has 3 rings (SSSR count). The average Bonchev–Trinajstić information content (AvgIpc) is 2.78. The Balaban J connectivity index is 2.12. The Morgan fingerprint density at radius 3 is 2.39 bits per heavy atom. The van der Waals surface area contributed by atoms with E-state index in [-0.39, 0.29) is 15.6 Å². The summed E-state index contributed by atoms with van der Waals surface area (Å²) in [7, 11) is 0. The van der Waals surface area contributed by atoms with Gasteiger partial charge in [0, 0.05) is 16.3 Å². The van der Waals surface area contributed by atoms with Crippen molar-refractivity contribution in [3.63, 3.8) is 0 Å². The Bertz CT molecular complexity index is 808. The van der Waals surface area contributed by atoms with Gasteiger partial charge in [0.05, 0.1) is 5.02 Å². The Morgan fingerprint density at radius 1 is 1.09 bits per heavy atom. The van der Waals surface area contributed by atoms with E-state index < -0.39 is 23.8 Å². The van der Waals surface area contributed by atoms with Gasteiger partial charge in [-0.3, -0.25) is 15.0 Å². The van der Waals surface area contributed by atoms with Crippen molar-refractivity contribution in [2.24, 2.45) is 0 Å². The van der Waals surface area contributed by atoms with Crippen LogP contribution in [0.4, 0.5) is 14.9 Å². The smallest absolute Gasteiger partial charge is 0.277 e. The molecule has 0 spiro atoms. The minimum absolute atomic E-state index is 0.114. The Labute approximate surface area is 141 Å². The first-order valence-corrected chi connectivity index (χ1v) is 7.49. The fraction of sp³-hybridized carbons (Fsp3) is 0.125. The van der Waals surface area contributed by atoms with E-state index in [1.165, 1.54) is 11.0 Å². The van der Waals surface area contributed by atoms with Crippen molar-refractivity contribution in [3.05, 3.63) is 63.4 Å². The first-order chi connectivity index (χ1) is 10.9. The normalized spacial score (nSPS) is 17.6. The van der Waals surface area contributed by atoms with Crippen molar-refractivity contribution in [2.45, 2.75) is 13.0 Å². The standard InChI is InChI=1S/C16H11Cl2FN2O2/c1-8-2-4-9(5-3-8)21-14(15(22)20-16(21)23)10-6-13(19)12(18)7-11(10)17/h2-7,14H,1H3,(H,20,22,23). The number of carbonyl (C=O) groups is 2. The molecule has 118 valence electrons.